The van der Waals surface area contributed by atoms with Crippen LogP contribution in [0.1, 0.15) is 26.7 Å². The molecule has 0 saturated carbocycles. The number of aliphatic hydroxyl groups excluding tert-OH is 1. The fraction of sp³-hybridized carbons (Fsp3) is 0.875. The van der Waals surface area contributed by atoms with E-state index in [1.807, 2.05) is 13.8 Å². The predicted octanol–water partition coefficient (Wildman–Crippen LogP) is 0.380. The molecule has 0 unspecified atom stereocenters. The fourth-order valence-corrected chi connectivity index (χ4v) is 1.55. The highest BCUT2D eigenvalue weighted by molar-refractivity contribution is 5.79. The first kappa shape index (κ1) is 8.53. The van der Waals surface area contributed by atoms with Crippen molar-refractivity contribution in [2.75, 3.05) is 13.2 Å². The maximum atomic E-state index is 11.2. The third-order valence-electron chi connectivity index (χ3n) is 2.31. The van der Waals surface area contributed by atoms with Crippen molar-refractivity contribution in [1.29, 1.82) is 0 Å². The number of carbonyl (C=O) groups is 1. The van der Waals surface area contributed by atoms with E-state index in [1.54, 1.807) is 4.90 Å². The lowest BCUT2D eigenvalue weighted by molar-refractivity contribution is -0.131. The molecular formula is C8H15NO2. The average Bonchev–Trinajstić information content (AvgIpc) is 2.16. The van der Waals surface area contributed by atoms with Gasteiger partial charge in [0, 0.05) is 18.5 Å². The summed E-state index contributed by atoms with van der Waals surface area (Å²) in [7, 11) is 0. The Bertz CT molecular complexity index is 165. The minimum absolute atomic E-state index is 0.0419. The Kier molecular flexibility index (Phi) is 2.18. The molecule has 3 nitrogen and oxygen atoms in total. The summed E-state index contributed by atoms with van der Waals surface area (Å²) in [5.41, 5.74) is -0.0419. The minimum Gasteiger partial charge on any atom is -0.395 e. The molecule has 0 radical (unpaired) electrons. The Balaban J connectivity index is 2.64. The molecule has 1 amide bonds. The number of carbonyl (C=O) groups excluding carboxylic acids is 1. The molecule has 1 rings (SSSR count). The number of rotatable bonds is 2. The fourth-order valence-electron chi connectivity index (χ4n) is 1.55. The van der Waals surface area contributed by atoms with E-state index in [2.05, 4.69) is 0 Å². The number of amides is 1. The quantitative estimate of drug-likeness (QED) is 0.629. The van der Waals surface area contributed by atoms with Gasteiger partial charge >= 0.3 is 0 Å². The molecule has 0 aromatic heterocycles. The molecule has 1 aliphatic rings. The zero-order chi connectivity index (χ0) is 8.48. The van der Waals surface area contributed by atoms with E-state index in [9.17, 15) is 4.79 Å². The molecule has 0 aromatic carbocycles. The molecular weight excluding hydrogens is 142 g/mol. The van der Waals surface area contributed by atoms with Crippen molar-refractivity contribution in [2.24, 2.45) is 0 Å². The van der Waals surface area contributed by atoms with Crippen LogP contribution < -0.4 is 0 Å². The maximum Gasteiger partial charge on any atom is 0.223 e. The molecule has 1 N–H and O–H groups in total. The monoisotopic (exact) mass is 157 g/mol. The number of hydrogen-bond acceptors (Lipinski definition) is 2. The van der Waals surface area contributed by atoms with Crippen molar-refractivity contribution in [3.63, 3.8) is 0 Å². The van der Waals surface area contributed by atoms with Crippen LogP contribution in [0.2, 0.25) is 0 Å². The summed E-state index contributed by atoms with van der Waals surface area (Å²) in [6.07, 6.45) is 1.54. The zero-order valence-corrected chi connectivity index (χ0v) is 7.13. The predicted molar refractivity (Wildman–Crippen MR) is 42.1 cm³/mol. The number of likely N-dealkylation sites (tertiary alicyclic amines) is 1. The van der Waals surface area contributed by atoms with E-state index in [4.69, 9.17) is 5.11 Å². The van der Waals surface area contributed by atoms with E-state index in [0.717, 1.165) is 6.42 Å². The topological polar surface area (TPSA) is 40.5 Å². The molecule has 1 heterocycles. The van der Waals surface area contributed by atoms with Crippen LogP contribution in [0.25, 0.3) is 0 Å². The van der Waals surface area contributed by atoms with Crippen LogP contribution >= 0.6 is 0 Å². The van der Waals surface area contributed by atoms with Gasteiger partial charge in [0.15, 0.2) is 0 Å². The first-order valence-corrected chi connectivity index (χ1v) is 3.99. The molecule has 3 heteroatoms. The van der Waals surface area contributed by atoms with Gasteiger partial charge in [-0.05, 0) is 20.3 Å². The normalized spacial score (nSPS) is 22.8. The molecule has 11 heavy (non-hydrogen) atoms. The maximum absolute atomic E-state index is 11.2. The van der Waals surface area contributed by atoms with E-state index in [1.165, 1.54) is 0 Å². The average molecular weight is 157 g/mol. The van der Waals surface area contributed by atoms with Crippen LogP contribution in [-0.4, -0.2) is 34.6 Å². The Morgan fingerprint density at radius 3 is 2.64 bits per heavy atom. The molecule has 0 spiro atoms. The standard InChI is InChI=1S/C8H15NO2/c1-8(2)4-3-7(11)9(8)5-6-10/h10H,3-6H2,1-2H3. The molecule has 1 aliphatic heterocycles. The first-order valence-electron chi connectivity index (χ1n) is 3.99. The summed E-state index contributed by atoms with van der Waals surface area (Å²) in [5.74, 6) is 0.170. The number of β-amino-alcohol motifs (C(OH)–C–C–N with tert-alkyl or cyclic N) is 1. The second-order valence-corrected chi connectivity index (χ2v) is 3.58. The SMILES string of the molecule is CC1(C)CCC(=O)N1CCO. The Morgan fingerprint density at radius 1 is 1.64 bits per heavy atom. The second kappa shape index (κ2) is 2.81. The molecule has 0 aromatic rings. The van der Waals surface area contributed by atoms with Crippen molar-refractivity contribution in [3.8, 4) is 0 Å². The summed E-state index contributed by atoms with van der Waals surface area (Å²) >= 11 is 0. The zero-order valence-electron chi connectivity index (χ0n) is 7.13. The van der Waals surface area contributed by atoms with Gasteiger partial charge in [-0.15, -0.1) is 0 Å². The van der Waals surface area contributed by atoms with Crippen LogP contribution in [-0.2, 0) is 4.79 Å². The molecule has 0 bridgehead atoms. The summed E-state index contributed by atoms with van der Waals surface area (Å²) < 4.78 is 0. The number of hydrogen-bond donors (Lipinski definition) is 1. The van der Waals surface area contributed by atoms with Crippen LogP contribution in [0, 0.1) is 0 Å². The van der Waals surface area contributed by atoms with Gasteiger partial charge in [-0.2, -0.15) is 0 Å². The highest BCUT2D eigenvalue weighted by Gasteiger charge is 2.36. The molecule has 64 valence electrons. The molecule has 1 fully saturated rings. The lowest BCUT2D eigenvalue weighted by Crippen LogP contribution is -2.42. The van der Waals surface area contributed by atoms with Gasteiger partial charge in [0.1, 0.15) is 0 Å². The summed E-state index contributed by atoms with van der Waals surface area (Å²) in [5, 5.41) is 8.68. The number of nitrogens with zero attached hydrogens (tertiary/aromatic N) is 1. The van der Waals surface area contributed by atoms with Crippen molar-refractivity contribution >= 4 is 5.91 Å². The van der Waals surface area contributed by atoms with Crippen molar-refractivity contribution in [1.82, 2.24) is 4.90 Å². The minimum atomic E-state index is -0.0419. The van der Waals surface area contributed by atoms with E-state index < -0.39 is 0 Å². The largest absolute Gasteiger partial charge is 0.395 e. The van der Waals surface area contributed by atoms with Crippen molar-refractivity contribution in [3.05, 3.63) is 0 Å². The summed E-state index contributed by atoms with van der Waals surface area (Å²) in [6.45, 7) is 4.61. The highest BCUT2D eigenvalue weighted by Crippen LogP contribution is 2.28. The Labute approximate surface area is 67.0 Å². The smallest absolute Gasteiger partial charge is 0.223 e. The van der Waals surface area contributed by atoms with Gasteiger partial charge in [-0.1, -0.05) is 0 Å². The van der Waals surface area contributed by atoms with Crippen LogP contribution in [0.4, 0.5) is 0 Å². The van der Waals surface area contributed by atoms with Crippen LogP contribution in [0.15, 0.2) is 0 Å². The van der Waals surface area contributed by atoms with Crippen molar-refractivity contribution in [2.45, 2.75) is 32.2 Å². The molecule has 1 saturated heterocycles. The highest BCUT2D eigenvalue weighted by atomic mass is 16.3. The van der Waals surface area contributed by atoms with Gasteiger partial charge in [-0.25, -0.2) is 0 Å². The van der Waals surface area contributed by atoms with Crippen LogP contribution in [0.5, 0.6) is 0 Å². The second-order valence-electron chi connectivity index (χ2n) is 3.58. The van der Waals surface area contributed by atoms with Gasteiger partial charge in [0.05, 0.1) is 6.61 Å². The summed E-state index contributed by atoms with van der Waals surface area (Å²) in [6, 6.07) is 0. The lowest BCUT2D eigenvalue weighted by atomic mass is 10.0. The van der Waals surface area contributed by atoms with Crippen LogP contribution in [0.3, 0.4) is 0 Å². The Hall–Kier alpha value is -0.570. The van der Waals surface area contributed by atoms with Gasteiger partial charge in [-0.3, -0.25) is 4.79 Å². The third-order valence-corrected chi connectivity index (χ3v) is 2.31. The summed E-state index contributed by atoms with van der Waals surface area (Å²) in [4.78, 5) is 13.0. The van der Waals surface area contributed by atoms with Crippen molar-refractivity contribution < 1.29 is 9.90 Å². The third kappa shape index (κ3) is 1.53. The molecule has 0 aliphatic carbocycles. The van der Waals surface area contributed by atoms with E-state index in [-0.39, 0.29) is 18.1 Å². The van der Waals surface area contributed by atoms with Gasteiger partial charge in [0.2, 0.25) is 5.91 Å². The lowest BCUT2D eigenvalue weighted by Gasteiger charge is -2.30. The Morgan fingerprint density at radius 2 is 2.27 bits per heavy atom. The molecule has 0 atom stereocenters. The van der Waals surface area contributed by atoms with Gasteiger partial charge in [0.25, 0.3) is 0 Å². The van der Waals surface area contributed by atoms with Gasteiger partial charge < -0.3 is 10.0 Å². The van der Waals surface area contributed by atoms with E-state index in [0.29, 0.717) is 13.0 Å². The number of aliphatic hydroxyl groups is 1. The van der Waals surface area contributed by atoms with E-state index >= 15 is 0 Å². The first-order chi connectivity index (χ1) is 5.08.